The van der Waals surface area contributed by atoms with E-state index in [2.05, 4.69) is 16.6 Å². The van der Waals surface area contributed by atoms with E-state index in [1.807, 2.05) is 80.3 Å². The lowest BCUT2D eigenvalue weighted by Crippen LogP contribution is -2.57. The summed E-state index contributed by atoms with van der Waals surface area (Å²) in [5.74, 6) is -2.13. The second-order valence-corrected chi connectivity index (χ2v) is 19.1. The number of amides is 4. The first-order chi connectivity index (χ1) is 27.0. The van der Waals surface area contributed by atoms with Crippen molar-refractivity contribution in [3.05, 3.63) is 67.3 Å². The van der Waals surface area contributed by atoms with Crippen LogP contribution in [0.25, 0.3) is 22.2 Å². The maximum atomic E-state index is 14.9. The number of nitrogens with zero attached hydrogens (tertiary/aromatic N) is 3. The van der Waals surface area contributed by atoms with Gasteiger partial charge in [-0.25, -0.2) is 13.4 Å². The highest BCUT2D eigenvalue weighted by molar-refractivity contribution is 7.90. The van der Waals surface area contributed by atoms with Crippen LogP contribution in [0.1, 0.15) is 73.1 Å². The van der Waals surface area contributed by atoms with Gasteiger partial charge in [-0.2, -0.15) is 0 Å². The van der Waals surface area contributed by atoms with Crippen LogP contribution in [-0.4, -0.2) is 96.5 Å². The van der Waals surface area contributed by atoms with E-state index < -0.39 is 62.0 Å². The summed E-state index contributed by atoms with van der Waals surface area (Å²) in [5.41, 5.74) is -0.0622. The van der Waals surface area contributed by atoms with Gasteiger partial charge in [-0.15, -0.1) is 6.58 Å². The molecule has 13 nitrogen and oxygen atoms in total. The third-order valence-corrected chi connectivity index (χ3v) is 13.2. The monoisotopic (exact) mass is 801 g/mol. The molecule has 1 aromatic heterocycles. The van der Waals surface area contributed by atoms with Gasteiger partial charge in [0.15, 0.2) is 0 Å². The van der Waals surface area contributed by atoms with Crippen molar-refractivity contribution in [2.75, 3.05) is 26.7 Å². The van der Waals surface area contributed by atoms with Crippen molar-refractivity contribution in [3.8, 4) is 22.8 Å². The molecule has 3 fully saturated rings. The number of piperidine rings is 1. The molecule has 1 saturated carbocycles. The minimum Gasteiger partial charge on any atom is -0.497 e. The van der Waals surface area contributed by atoms with Crippen molar-refractivity contribution in [1.82, 2.24) is 24.8 Å². The molecule has 2 aromatic carbocycles. The summed E-state index contributed by atoms with van der Waals surface area (Å²) < 4.78 is 39.9. The van der Waals surface area contributed by atoms with Crippen molar-refractivity contribution < 1.29 is 37.1 Å². The van der Waals surface area contributed by atoms with Gasteiger partial charge < -0.3 is 24.6 Å². The van der Waals surface area contributed by atoms with Gasteiger partial charge in [-0.05, 0) is 57.1 Å². The van der Waals surface area contributed by atoms with Gasteiger partial charge in [-0.1, -0.05) is 57.2 Å². The third kappa shape index (κ3) is 8.95. The molecule has 3 heterocycles. The van der Waals surface area contributed by atoms with Crippen LogP contribution in [0, 0.1) is 17.3 Å². The molecular weight excluding hydrogens is 747 g/mol. The number of hydrogen-bond donors (Lipinski definition) is 2. The van der Waals surface area contributed by atoms with Gasteiger partial charge in [0.05, 0.1) is 36.0 Å². The maximum Gasteiger partial charge on any atom is 0.259 e. The summed E-state index contributed by atoms with van der Waals surface area (Å²) >= 11 is 0. The van der Waals surface area contributed by atoms with E-state index in [0.29, 0.717) is 41.2 Å². The predicted octanol–water partition coefficient (Wildman–Crippen LogP) is 5.24. The summed E-state index contributed by atoms with van der Waals surface area (Å²) in [6, 6.07) is 15.9. The normalized spacial score (nSPS) is 22.8. The summed E-state index contributed by atoms with van der Waals surface area (Å²) in [6.45, 7) is 13.8. The molecule has 1 unspecified atom stereocenters. The van der Waals surface area contributed by atoms with Crippen LogP contribution in [0.3, 0.4) is 0 Å². The largest absolute Gasteiger partial charge is 0.497 e. The Balaban J connectivity index is 1.35. The number of pyridine rings is 1. The molecular formula is C43H55N5O8S. The maximum absolute atomic E-state index is 14.9. The molecule has 4 amide bonds. The van der Waals surface area contributed by atoms with E-state index >= 15 is 0 Å². The van der Waals surface area contributed by atoms with E-state index in [4.69, 9.17) is 14.5 Å². The fourth-order valence-corrected chi connectivity index (χ4v) is 8.47. The van der Waals surface area contributed by atoms with E-state index in [1.165, 1.54) is 24.8 Å². The van der Waals surface area contributed by atoms with Crippen LogP contribution in [0.15, 0.2) is 67.3 Å². The first kappa shape index (κ1) is 41.6. The summed E-state index contributed by atoms with van der Waals surface area (Å²) in [7, 11) is -2.43. The van der Waals surface area contributed by atoms with Crippen molar-refractivity contribution in [3.63, 3.8) is 0 Å². The topological polar surface area (TPSA) is 164 Å². The number of aromatic nitrogens is 1. The molecule has 6 rings (SSSR count). The molecule has 3 aliphatic rings. The molecule has 306 valence electrons. The molecule has 3 aromatic rings. The van der Waals surface area contributed by atoms with E-state index in [-0.39, 0.29) is 37.6 Å². The zero-order valence-electron chi connectivity index (χ0n) is 33.7. The second kappa shape index (κ2) is 16.5. The molecule has 14 heteroatoms. The average Bonchev–Trinajstić information content (AvgIpc) is 3.75. The Bertz CT molecular complexity index is 2130. The molecule has 0 spiro atoms. The lowest BCUT2D eigenvalue weighted by atomic mass is 9.77. The lowest BCUT2D eigenvalue weighted by Gasteiger charge is -2.36. The Morgan fingerprint density at radius 2 is 1.74 bits per heavy atom. The van der Waals surface area contributed by atoms with Gasteiger partial charge in [0.25, 0.3) is 5.91 Å². The molecule has 57 heavy (non-hydrogen) atoms. The van der Waals surface area contributed by atoms with Crippen LogP contribution in [0.5, 0.6) is 11.5 Å². The van der Waals surface area contributed by atoms with Gasteiger partial charge in [0.2, 0.25) is 27.7 Å². The molecule has 1 aliphatic carbocycles. The fraction of sp³-hybridized carbons (Fsp3) is 0.512. The standard InChI is InChI=1S/C43H55N5O8S/c1-8-29-25-43(29,41(52)46-57(53,54)27(2)3)45-39(50)36-22-31(26-48(36)40(51)33(42(4,5)6)23-38(49)47-19-13-10-14-20-47)56-37-24-34(28-15-11-9-12-16-28)44-35-21-30(55-7)17-18-32(35)37/h8-9,11-12,15-18,21,24,27,29,31,33,36H,1,10,13-14,19-20,22-23,25-26H2,2-7H3,(H,45,50)(H,46,52)/t29-,31-,33?,36+,43-/m1/s1. The van der Waals surface area contributed by atoms with Crippen LogP contribution >= 0.6 is 0 Å². The number of fused-ring (bicyclic) bond motifs is 1. The zero-order chi connectivity index (χ0) is 41.3. The highest BCUT2D eigenvalue weighted by Gasteiger charge is 2.61. The Morgan fingerprint density at radius 3 is 2.35 bits per heavy atom. The third-order valence-electron chi connectivity index (χ3n) is 11.5. The number of hydrogen-bond acceptors (Lipinski definition) is 9. The molecule has 0 bridgehead atoms. The average molecular weight is 802 g/mol. The van der Waals surface area contributed by atoms with Gasteiger partial charge in [-0.3, -0.25) is 23.9 Å². The van der Waals surface area contributed by atoms with Crippen LogP contribution in [-0.2, 0) is 29.2 Å². The predicted molar refractivity (Wildman–Crippen MR) is 218 cm³/mol. The van der Waals surface area contributed by atoms with Crippen molar-refractivity contribution >= 4 is 44.6 Å². The number of sulfonamides is 1. The van der Waals surface area contributed by atoms with Gasteiger partial charge >= 0.3 is 0 Å². The number of rotatable bonds is 13. The van der Waals surface area contributed by atoms with Crippen molar-refractivity contribution in [2.45, 2.75) is 96.1 Å². The van der Waals surface area contributed by atoms with E-state index in [0.717, 1.165) is 24.8 Å². The highest BCUT2D eigenvalue weighted by Crippen LogP contribution is 2.45. The number of likely N-dealkylation sites (tertiary alicyclic amines) is 2. The number of benzene rings is 2. The van der Waals surface area contributed by atoms with Crippen LogP contribution in [0.4, 0.5) is 0 Å². The Hall–Kier alpha value is -4.98. The molecule has 2 N–H and O–H groups in total. The van der Waals surface area contributed by atoms with E-state index in [1.54, 1.807) is 7.11 Å². The number of nitrogens with one attached hydrogen (secondary N) is 2. The Morgan fingerprint density at radius 1 is 1.04 bits per heavy atom. The molecule has 2 aliphatic heterocycles. The fourth-order valence-electron chi connectivity index (χ4n) is 7.80. The summed E-state index contributed by atoms with van der Waals surface area (Å²) in [6.07, 6.45) is 3.90. The molecule has 2 saturated heterocycles. The minimum atomic E-state index is -4.01. The molecule has 5 atom stereocenters. The first-order valence-corrected chi connectivity index (χ1v) is 21.3. The van der Waals surface area contributed by atoms with Crippen molar-refractivity contribution in [2.24, 2.45) is 17.3 Å². The van der Waals surface area contributed by atoms with Crippen LogP contribution in [0.2, 0.25) is 0 Å². The van der Waals surface area contributed by atoms with E-state index in [9.17, 15) is 27.6 Å². The van der Waals surface area contributed by atoms with Crippen molar-refractivity contribution in [1.29, 1.82) is 0 Å². The number of carbonyl (C=O) groups excluding carboxylic acids is 4. The lowest BCUT2D eigenvalue weighted by molar-refractivity contribution is -0.148. The Kier molecular flexibility index (Phi) is 12.0. The first-order valence-electron chi connectivity index (χ1n) is 19.8. The smallest absolute Gasteiger partial charge is 0.259 e. The number of carbonyl (C=O) groups is 4. The summed E-state index contributed by atoms with van der Waals surface area (Å²) in [5, 5.41) is 2.67. The number of methoxy groups -OCH3 is 1. The second-order valence-electron chi connectivity index (χ2n) is 16.8. The summed E-state index contributed by atoms with van der Waals surface area (Å²) in [4.78, 5) is 64.8. The van der Waals surface area contributed by atoms with Gasteiger partial charge in [0.1, 0.15) is 29.2 Å². The molecule has 0 radical (unpaired) electrons. The highest BCUT2D eigenvalue weighted by atomic mass is 32.2. The minimum absolute atomic E-state index is 0.0199. The Labute approximate surface area is 335 Å². The SMILES string of the molecule is C=C[C@@H]1C[C@]1(NC(=O)[C@@H]1C[C@@H](Oc2cc(-c3ccccc3)nc3cc(OC)ccc23)CN1C(=O)C(CC(=O)N1CCCCC1)C(C)(C)C)C(=O)NS(=O)(=O)C(C)C. The quantitative estimate of drug-likeness (QED) is 0.220. The number of ether oxygens (including phenoxy) is 2. The van der Waals surface area contributed by atoms with Gasteiger partial charge in [0, 0.05) is 54.9 Å². The van der Waals surface area contributed by atoms with Crippen LogP contribution < -0.4 is 19.5 Å². The zero-order valence-corrected chi connectivity index (χ0v) is 34.6.